The number of para-hydroxylation sites is 1. The van der Waals surface area contributed by atoms with Crippen LogP contribution in [0.15, 0.2) is 47.5 Å². The quantitative estimate of drug-likeness (QED) is 0.642. The molecule has 4 rings (SSSR count). The lowest BCUT2D eigenvalue weighted by molar-refractivity contribution is 0.242. The lowest BCUT2D eigenvalue weighted by Gasteiger charge is -2.15. The van der Waals surface area contributed by atoms with Crippen molar-refractivity contribution in [3.63, 3.8) is 0 Å². The molecular weight excluding hydrogens is 342 g/mol. The Morgan fingerprint density at radius 1 is 1.07 bits per heavy atom. The number of hydrogen-bond donors (Lipinski definition) is 2. The SMILES string of the molecule is CCNC(=NCC1Cc2ccccc2O1)Nc1ccc2c(c1)OCCCO2. The predicted molar refractivity (Wildman–Crippen MR) is 106 cm³/mol. The van der Waals surface area contributed by atoms with Gasteiger partial charge in [0.05, 0.1) is 19.8 Å². The summed E-state index contributed by atoms with van der Waals surface area (Å²) in [4.78, 5) is 4.70. The third-order valence-electron chi connectivity index (χ3n) is 4.52. The first-order valence-electron chi connectivity index (χ1n) is 9.51. The Labute approximate surface area is 159 Å². The minimum Gasteiger partial charge on any atom is -0.490 e. The highest BCUT2D eigenvalue weighted by atomic mass is 16.5. The van der Waals surface area contributed by atoms with E-state index in [9.17, 15) is 0 Å². The van der Waals surface area contributed by atoms with Gasteiger partial charge in [-0.2, -0.15) is 0 Å². The van der Waals surface area contributed by atoms with Crippen molar-refractivity contribution in [1.82, 2.24) is 5.32 Å². The second-order valence-corrected chi connectivity index (χ2v) is 6.61. The second-order valence-electron chi connectivity index (χ2n) is 6.61. The second kappa shape index (κ2) is 8.20. The molecule has 0 spiro atoms. The fourth-order valence-electron chi connectivity index (χ4n) is 3.23. The minimum atomic E-state index is 0.0710. The summed E-state index contributed by atoms with van der Waals surface area (Å²) in [5, 5.41) is 6.62. The number of guanidine groups is 1. The number of benzene rings is 2. The Kier molecular flexibility index (Phi) is 5.32. The lowest BCUT2D eigenvalue weighted by Crippen LogP contribution is -2.32. The zero-order chi connectivity index (χ0) is 18.5. The highest BCUT2D eigenvalue weighted by Gasteiger charge is 2.22. The van der Waals surface area contributed by atoms with Crippen molar-refractivity contribution in [3.05, 3.63) is 48.0 Å². The molecule has 2 heterocycles. The largest absolute Gasteiger partial charge is 0.490 e. The maximum Gasteiger partial charge on any atom is 0.195 e. The van der Waals surface area contributed by atoms with Gasteiger partial charge in [-0.15, -0.1) is 0 Å². The van der Waals surface area contributed by atoms with E-state index in [4.69, 9.17) is 19.2 Å². The van der Waals surface area contributed by atoms with E-state index < -0.39 is 0 Å². The standard InChI is InChI=1S/C21H25N3O3/c1-2-22-21(23-14-17-12-15-6-3-4-7-18(15)27-17)24-16-8-9-19-20(13-16)26-11-5-10-25-19/h3-4,6-9,13,17H,2,5,10-12,14H2,1H3,(H2,22,23,24). The number of ether oxygens (including phenoxy) is 3. The maximum absolute atomic E-state index is 5.97. The molecule has 0 aliphatic carbocycles. The summed E-state index contributed by atoms with van der Waals surface area (Å²) in [5.41, 5.74) is 2.16. The Morgan fingerprint density at radius 2 is 1.93 bits per heavy atom. The van der Waals surface area contributed by atoms with Crippen LogP contribution in [-0.2, 0) is 6.42 Å². The predicted octanol–water partition coefficient (Wildman–Crippen LogP) is 3.23. The topological polar surface area (TPSA) is 64.1 Å². The summed E-state index contributed by atoms with van der Waals surface area (Å²) in [6.45, 7) is 4.78. The van der Waals surface area contributed by atoms with Crippen LogP contribution >= 0.6 is 0 Å². The van der Waals surface area contributed by atoms with E-state index in [-0.39, 0.29) is 6.10 Å². The minimum absolute atomic E-state index is 0.0710. The Balaban J connectivity index is 1.42. The van der Waals surface area contributed by atoms with Gasteiger partial charge in [0.2, 0.25) is 0 Å². The summed E-state index contributed by atoms with van der Waals surface area (Å²) in [6.07, 6.45) is 1.86. The molecule has 1 atom stereocenters. The van der Waals surface area contributed by atoms with Crippen LogP contribution in [0.2, 0.25) is 0 Å². The molecule has 0 bridgehead atoms. The molecule has 1 unspecified atom stereocenters. The maximum atomic E-state index is 5.97. The summed E-state index contributed by atoms with van der Waals surface area (Å²) in [6, 6.07) is 14.0. The Hall–Kier alpha value is -2.89. The number of rotatable bonds is 4. The number of hydrogen-bond acceptors (Lipinski definition) is 4. The van der Waals surface area contributed by atoms with Crippen molar-refractivity contribution >= 4 is 11.6 Å². The molecule has 27 heavy (non-hydrogen) atoms. The number of aliphatic imine (C=N–C) groups is 1. The van der Waals surface area contributed by atoms with Gasteiger partial charge in [0.1, 0.15) is 11.9 Å². The van der Waals surface area contributed by atoms with Gasteiger partial charge in [-0.3, -0.25) is 0 Å². The first kappa shape index (κ1) is 17.5. The number of fused-ring (bicyclic) bond motifs is 2. The monoisotopic (exact) mass is 367 g/mol. The summed E-state index contributed by atoms with van der Waals surface area (Å²) < 4.78 is 17.4. The first-order valence-corrected chi connectivity index (χ1v) is 9.51. The Morgan fingerprint density at radius 3 is 2.78 bits per heavy atom. The van der Waals surface area contributed by atoms with E-state index in [1.165, 1.54) is 5.56 Å². The molecule has 0 radical (unpaired) electrons. The molecule has 0 saturated carbocycles. The molecule has 142 valence electrons. The zero-order valence-corrected chi connectivity index (χ0v) is 15.5. The van der Waals surface area contributed by atoms with Crippen LogP contribution in [0, 0.1) is 0 Å². The molecule has 6 nitrogen and oxygen atoms in total. The van der Waals surface area contributed by atoms with Crippen LogP contribution in [0.25, 0.3) is 0 Å². The van der Waals surface area contributed by atoms with Gasteiger partial charge in [-0.25, -0.2) is 4.99 Å². The van der Waals surface area contributed by atoms with Gasteiger partial charge in [0.25, 0.3) is 0 Å². The molecule has 0 fully saturated rings. The van der Waals surface area contributed by atoms with Crippen molar-refractivity contribution in [2.45, 2.75) is 25.9 Å². The van der Waals surface area contributed by atoms with E-state index in [0.29, 0.717) is 19.8 Å². The first-order chi connectivity index (χ1) is 13.3. The highest BCUT2D eigenvalue weighted by molar-refractivity contribution is 5.94. The molecule has 0 saturated heterocycles. The molecule has 2 N–H and O–H groups in total. The molecule has 2 aromatic rings. The fourth-order valence-corrected chi connectivity index (χ4v) is 3.23. The molecule has 6 heteroatoms. The van der Waals surface area contributed by atoms with Crippen LogP contribution < -0.4 is 24.8 Å². The van der Waals surface area contributed by atoms with Gasteiger partial charge in [-0.1, -0.05) is 18.2 Å². The number of nitrogens with zero attached hydrogens (tertiary/aromatic N) is 1. The molecule has 0 amide bonds. The average molecular weight is 367 g/mol. The normalized spacial score (nSPS) is 18.3. The van der Waals surface area contributed by atoms with Crippen molar-refractivity contribution < 1.29 is 14.2 Å². The summed E-state index contributed by atoms with van der Waals surface area (Å²) in [7, 11) is 0. The average Bonchev–Trinajstić information content (AvgIpc) is 2.96. The smallest absolute Gasteiger partial charge is 0.195 e. The van der Waals surface area contributed by atoms with Crippen molar-refractivity contribution in [2.75, 3.05) is 31.6 Å². The fraction of sp³-hybridized carbons (Fsp3) is 0.381. The van der Waals surface area contributed by atoms with Gasteiger partial charge in [0, 0.05) is 31.1 Å². The van der Waals surface area contributed by atoms with E-state index in [0.717, 1.165) is 48.3 Å². The number of anilines is 1. The van der Waals surface area contributed by atoms with Gasteiger partial charge in [-0.05, 0) is 30.7 Å². The van der Waals surface area contributed by atoms with Crippen LogP contribution in [-0.4, -0.2) is 38.4 Å². The molecular formula is C21H25N3O3. The molecule has 2 aromatic carbocycles. The van der Waals surface area contributed by atoms with E-state index >= 15 is 0 Å². The number of nitrogens with one attached hydrogen (secondary N) is 2. The van der Waals surface area contributed by atoms with Crippen LogP contribution in [0.1, 0.15) is 18.9 Å². The summed E-state index contributed by atoms with van der Waals surface area (Å²) in [5.74, 6) is 3.25. The van der Waals surface area contributed by atoms with E-state index in [2.05, 4.69) is 16.7 Å². The lowest BCUT2D eigenvalue weighted by atomic mass is 10.1. The van der Waals surface area contributed by atoms with Crippen LogP contribution in [0.5, 0.6) is 17.2 Å². The molecule has 2 aliphatic heterocycles. The van der Waals surface area contributed by atoms with Crippen molar-refractivity contribution in [2.24, 2.45) is 4.99 Å². The van der Waals surface area contributed by atoms with Crippen LogP contribution in [0.4, 0.5) is 5.69 Å². The Bertz CT molecular complexity index is 797. The third kappa shape index (κ3) is 4.27. The van der Waals surface area contributed by atoms with Crippen molar-refractivity contribution in [3.8, 4) is 17.2 Å². The summed E-state index contributed by atoms with van der Waals surface area (Å²) >= 11 is 0. The highest BCUT2D eigenvalue weighted by Crippen LogP contribution is 2.32. The molecule has 2 aliphatic rings. The van der Waals surface area contributed by atoms with E-state index in [1.807, 2.05) is 43.3 Å². The van der Waals surface area contributed by atoms with Gasteiger partial charge in [0.15, 0.2) is 17.5 Å². The van der Waals surface area contributed by atoms with Gasteiger partial charge >= 0.3 is 0 Å². The van der Waals surface area contributed by atoms with E-state index in [1.54, 1.807) is 0 Å². The zero-order valence-electron chi connectivity index (χ0n) is 15.5. The molecule has 0 aromatic heterocycles. The third-order valence-corrected chi connectivity index (χ3v) is 4.52. The van der Waals surface area contributed by atoms with Gasteiger partial charge < -0.3 is 24.8 Å². The van der Waals surface area contributed by atoms with Crippen LogP contribution in [0.3, 0.4) is 0 Å². The van der Waals surface area contributed by atoms with Crippen molar-refractivity contribution in [1.29, 1.82) is 0 Å².